The number of alkyl halides is 1. The van der Waals surface area contributed by atoms with Gasteiger partial charge < -0.3 is 4.74 Å². The molecule has 0 bridgehead atoms. The van der Waals surface area contributed by atoms with Crippen LogP contribution in [0.4, 0.5) is 0 Å². The summed E-state index contributed by atoms with van der Waals surface area (Å²) in [4.78, 5) is 3.99. The number of halogens is 1. The molecule has 2 aromatic heterocycles. The monoisotopic (exact) mass is 237 g/mol. The van der Waals surface area contributed by atoms with Crippen LogP contribution in [0.5, 0.6) is 11.5 Å². The molecule has 0 fully saturated rings. The van der Waals surface area contributed by atoms with E-state index in [1.54, 1.807) is 29.3 Å². The lowest BCUT2D eigenvalue weighted by Gasteiger charge is -2.06. The summed E-state index contributed by atoms with van der Waals surface area (Å²) in [5, 5.41) is 4.13. The van der Waals surface area contributed by atoms with Crippen molar-refractivity contribution < 1.29 is 4.74 Å². The summed E-state index contributed by atoms with van der Waals surface area (Å²) >= 11 is 5.79. The van der Waals surface area contributed by atoms with Gasteiger partial charge in [0.05, 0.1) is 18.3 Å². The number of pyridine rings is 1. The molecule has 0 aliphatic heterocycles. The summed E-state index contributed by atoms with van der Waals surface area (Å²) < 4.78 is 7.48. The standard InChI is InChI=1S/C11H12ClN3O/c1-2-15-8-10(7-14-15)16-11-3-4-13-6-9(11)5-12/h3-4,6-8H,2,5H2,1H3. The van der Waals surface area contributed by atoms with E-state index in [1.165, 1.54) is 0 Å². The third-order valence-corrected chi connectivity index (χ3v) is 2.45. The van der Waals surface area contributed by atoms with Crippen LogP contribution in [0.1, 0.15) is 12.5 Å². The van der Waals surface area contributed by atoms with Crippen LogP contribution in [0.15, 0.2) is 30.9 Å². The summed E-state index contributed by atoms with van der Waals surface area (Å²) in [6.07, 6.45) is 6.91. The zero-order chi connectivity index (χ0) is 11.4. The topological polar surface area (TPSA) is 39.9 Å². The highest BCUT2D eigenvalue weighted by Gasteiger charge is 2.05. The zero-order valence-electron chi connectivity index (χ0n) is 8.93. The lowest BCUT2D eigenvalue weighted by Crippen LogP contribution is -1.92. The predicted octanol–water partition coefficient (Wildman–Crippen LogP) is 2.83. The Hall–Kier alpha value is -1.55. The number of aryl methyl sites for hydroxylation is 1. The lowest BCUT2D eigenvalue weighted by molar-refractivity contribution is 0.476. The van der Waals surface area contributed by atoms with Gasteiger partial charge in [0.25, 0.3) is 0 Å². The molecule has 84 valence electrons. The number of ether oxygens (including phenoxy) is 1. The second-order valence-electron chi connectivity index (χ2n) is 3.25. The van der Waals surface area contributed by atoms with Crippen molar-refractivity contribution >= 4 is 11.6 Å². The van der Waals surface area contributed by atoms with E-state index in [4.69, 9.17) is 16.3 Å². The van der Waals surface area contributed by atoms with Crippen molar-refractivity contribution in [2.24, 2.45) is 0 Å². The second kappa shape index (κ2) is 4.99. The minimum absolute atomic E-state index is 0.380. The van der Waals surface area contributed by atoms with E-state index in [-0.39, 0.29) is 0 Å². The Kier molecular flexibility index (Phi) is 3.41. The minimum Gasteiger partial charge on any atom is -0.454 e. The normalized spacial score (nSPS) is 10.4. The molecule has 2 aromatic rings. The van der Waals surface area contributed by atoms with Gasteiger partial charge in [-0.3, -0.25) is 9.67 Å². The van der Waals surface area contributed by atoms with Gasteiger partial charge in [-0.1, -0.05) is 0 Å². The Morgan fingerprint density at radius 3 is 3.00 bits per heavy atom. The number of hydrogen-bond donors (Lipinski definition) is 0. The number of aromatic nitrogens is 3. The zero-order valence-corrected chi connectivity index (χ0v) is 9.68. The molecule has 0 aliphatic rings. The Morgan fingerprint density at radius 2 is 2.31 bits per heavy atom. The summed E-state index contributed by atoms with van der Waals surface area (Å²) in [6, 6.07) is 1.79. The SMILES string of the molecule is CCn1cc(Oc2ccncc2CCl)cn1. The third-order valence-electron chi connectivity index (χ3n) is 2.16. The number of hydrogen-bond acceptors (Lipinski definition) is 3. The van der Waals surface area contributed by atoms with Gasteiger partial charge in [-0.15, -0.1) is 11.6 Å². The first-order chi connectivity index (χ1) is 7.83. The molecule has 0 saturated heterocycles. The molecule has 0 N–H and O–H groups in total. The minimum atomic E-state index is 0.380. The maximum absolute atomic E-state index is 5.79. The van der Waals surface area contributed by atoms with Crippen LogP contribution in [0, 0.1) is 0 Å². The van der Waals surface area contributed by atoms with E-state index in [2.05, 4.69) is 10.1 Å². The maximum atomic E-state index is 5.79. The highest BCUT2D eigenvalue weighted by Crippen LogP contribution is 2.24. The third kappa shape index (κ3) is 2.33. The van der Waals surface area contributed by atoms with E-state index in [0.717, 1.165) is 17.9 Å². The van der Waals surface area contributed by atoms with Crippen molar-refractivity contribution in [1.29, 1.82) is 0 Å². The van der Waals surface area contributed by atoms with Crippen molar-refractivity contribution in [1.82, 2.24) is 14.8 Å². The quantitative estimate of drug-likeness (QED) is 0.768. The summed E-state index contributed by atoms with van der Waals surface area (Å²) in [5.74, 6) is 1.81. The molecule has 0 atom stereocenters. The average molecular weight is 238 g/mol. The van der Waals surface area contributed by atoms with Crippen molar-refractivity contribution in [3.8, 4) is 11.5 Å². The lowest BCUT2D eigenvalue weighted by atomic mass is 10.3. The van der Waals surface area contributed by atoms with Crippen LogP contribution in [-0.2, 0) is 12.4 Å². The van der Waals surface area contributed by atoms with Crippen molar-refractivity contribution in [2.45, 2.75) is 19.3 Å². The van der Waals surface area contributed by atoms with Crippen LogP contribution >= 0.6 is 11.6 Å². The summed E-state index contributed by atoms with van der Waals surface area (Å²) in [5.41, 5.74) is 0.869. The second-order valence-corrected chi connectivity index (χ2v) is 3.52. The number of rotatable bonds is 4. The van der Waals surface area contributed by atoms with Gasteiger partial charge in [0.1, 0.15) is 5.75 Å². The Labute approximate surface area is 98.8 Å². The van der Waals surface area contributed by atoms with E-state index in [1.807, 2.05) is 13.1 Å². The molecule has 0 aliphatic carbocycles. The van der Waals surface area contributed by atoms with Crippen LogP contribution in [0.2, 0.25) is 0 Å². The molecule has 0 amide bonds. The van der Waals surface area contributed by atoms with E-state index in [0.29, 0.717) is 11.6 Å². The fourth-order valence-corrected chi connectivity index (χ4v) is 1.51. The Bertz CT molecular complexity index is 470. The van der Waals surface area contributed by atoms with Crippen LogP contribution in [-0.4, -0.2) is 14.8 Å². The fourth-order valence-electron chi connectivity index (χ4n) is 1.31. The first kappa shape index (κ1) is 11.0. The molecule has 0 aromatic carbocycles. The molecular formula is C11H12ClN3O. The molecule has 0 saturated carbocycles. The van der Waals surface area contributed by atoms with Gasteiger partial charge in [-0.2, -0.15) is 5.10 Å². The highest BCUT2D eigenvalue weighted by molar-refractivity contribution is 6.17. The maximum Gasteiger partial charge on any atom is 0.165 e. The Morgan fingerprint density at radius 1 is 1.44 bits per heavy atom. The van der Waals surface area contributed by atoms with Crippen LogP contribution < -0.4 is 4.74 Å². The van der Waals surface area contributed by atoms with Crippen molar-refractivity contribution in [3.63, 3.8) is 0 Å². The Balaban J connectivity index is 2.19. The molecule has 2 rings (SSSR count). The molecule has 0 radical (unpaired) electrons. The van der Waals surface area contributed by atoms with Gasteiger partial charge in [-0.05, 0) is 13.0 Å². The molecule has 0 unspecified atom stereocenters. The molecular weight excluding hydrogens is 226 g/mol. The summed E-state index contributed by atoms with van der Waals surface area (Å²) in [7, 11) is 0. The van der Waals surface area contributed by atoms with Gasteiger partial charge in [-0.25, -0.2) is 0 Å². The molecule has 4 nitrogen and oxygen atoms in total. The summed E-state index contributed by atoms with van der Waals surface area (Å²) in [6.45, 7) is 2.84. The molecule has 5 heteroatoms. The largest absolute Gasteiger partial charge is 0.454 e. The average Bonchev–Trinajstić information content (AvgIpc) is 2.77. The van der Waals surface area contributed by atoms with E-state index < -0.39 is 0 Å². The van der Waals surface area contributed by atoms with Gasteiger partial charge in [0, 0.05) is 24.5 Å². The van der Waals surface area contributed by atoms with E-state index >= 15 is 0 Å². The highest BCUT2D eigenvalue weighted by atomic mass is 35.5. The molecule has 0 spiro atoms. The first-order valence-electron chi connectivity index (χ1n) is 5.02. The molecule has 16 heavy (non-hydrogen) atoms. The van der Waals surface area contributed by atoms with Gasteiger partial charge in [0.2, 0.25) is 0 Å². The van der Waals surface area contributed by atoms with Crippen molar-refractivity contribution in [3.05, 3.63) is 36.4 Å². The predicted molar refractivity (Wildman–Crippen MR) is 61.8 cm³/mol. The first-order valence-corrected chi connectivity index (χ1v) is 5.56. The van der Waals surface area contributed by atoms with Gasteiger partial charge in [0.15, 0.2) is 5.75 Å². The van der Waals surface area contributed by atoms with Gasteiger partial charge >= 0.3 is 0 Å². The van der Waals surface area contributed by atoms with Crippen molar-refractivity contribution in [2.75, 3.05) is 0 Å². The fraction of sp³-hybridized carbons (Fsp3) is 0.273. The number of nitrogens with zero attached hydrogens (tertiary/aromatic N) is 3. The van der Waals surface area contributed by atoms with Crippen LogP contribution in [0.25, 0.3) is 0 Å². The van der Waals surface area contributed by atoms with E-state index in [9.17, 15) is 0 Å². The molecule has 2 heterocycles. The smallest absolute Gasteiger partial charge is 0.165 e. The van der Waals surface area contributed by atoms with Crippen LogP contribution in [0.3, 0.4) is 0 Å².